The molecule has 0 spiro atoms. The molecule has 0 N–H and O–H groups in total. The lowest BCUT2D eigenvalue weighted by Gasteiger charge is -2.35. The number of hydrogen-bond donors (Lipinski definition) is 0. The summed E-state index contributed by atoms with van der Waals surface area (Å²) >= 11 is 6.12. The van der Waals surface area contributed by atoms with Gasteiger partial charge in [0.2, 0.25) is 21.5 Å². The Labute approximate surface area is 250 Å². The number of nitrogens with zero attached hydrogens (tertiary/aromatic N) is 5. The van der Waals surface area contributed by atoms with Crippen LogP contribution in [0.1, 0.15) is 25.3 Å². The zero-order valence-corrected chi connectivity index (χ0v) is 24.6. The molecule has 0 amide bonds. The Bertz CT molecular complexity index is 1690. The SMILES string of the molecule is CC1(COc2c(N3CCN(S(=O)(=O)Cc4cccc(OC(F)F)c4[N+](=O)[O-])CC3)cnn(-c3cccc(Cl)c3)c2=O)CC1. The maximum Gasteiger partial charge on any atom is 0.387 e. The van der Waals surface area contributed by atoms with Gasteiger partial charge in [-0.2, -0.15) is 22.9 Å². The molecular weight excluding hydrogens is 612 g/mol. The van der Waals surface area contributed by atoms with E-state index in [0.717, 1.165) is 18.9 Å². The standard InChI is InChI=1S/C27H28ClF2N5O7S/c1-27(8-9-27)17-41-24-21(15-31-34(25(24)36)20-6-3-5-19(28)14-20)32-10-12-33(13-11-32)43(39,40)16-18-4-2-7-22(42-26(29)30)23(18)35(37)38/h2-7,14-15,26H,8-13,16-17H2,1H3. The summed E-state index contributed by atoms with van der Waals surface area (Å²) in [7, 11) is -4.10. The number of rotatable bonds is 11. The number of hydrogen-bond acceptors (Lipinski definition) is 9. The van der Waals surface area contributed by atoms with Gasteiger partial charge in [-0.25, -0.2) is 8.42 Å². The minimum Gasteiger partial charge on any atom is -0.486 e. The molecule has 5 rings (SSSR count). The third kappa shape index (κ3) is 6.89. The van der Waals surface area contributed by atoms with E-state index in [-0.39, 0.29) is 42.9 Å². The van der Waals surface area contributed by atoms with Crippen molar-refractivity contribution in [3.05, 3.63) is 79.7 Å². The lowest BCUT2D eigenvalue weighted by atomic mass is 10.2. The number of nitro groups is 1. The third-order valence-electron chi connectivity index (χ3n) is 7.43. The summed E-state index contributed by atoms with van der Waals surface area (Å²) in [5.41, 5.74) is -0.749. The smallest absolute Gasteiger partial charge is 0.387 e. The highest BCUT2D eigenvalue weighted by molar-refractivity contribution is 7.88. The predicted octanol–water partition coefficient (Wildman–Crippen LogP) is 4.23. The first-order valence-corrected chi connectivity index (χ1v) is 15.3. The van der Waals surface area contributed by atoms with Crippen LogP contribution >= 0.6 is 11.6 Å². The second kappa shape index (κ2) is 12.1. The van der Waals surface area contributed by atoms with Crippen LogP contribution in [0.2, 0.25) is 5.02 Å². The summed E-state index contributed by atoms with van der Waals surface area (Å²) in [4.78, 5) is 26.0. The van der Waals surface area contributed by atoms with Gasteiger partial charge < -0.3 is 14.4 Å². The van der Waals surface area contributed by atoms with Crippen LogP contribution in [0.25, 0.3) is 5.69 Å². The zero-order valence-electron chi connectivity index (χ0n) is 23.0. The van der Waals surface area contributed by atoms with Gasteiger partial charge in [0.05, 0.1) is 34.7 Å². The molecule has 1 saturated heterocycles. The molecule has 0 atom stereocenters. The van der Waals surface area contributed by atoms with Crippen molar-refractivity contribution in [2.75, 3.05) is 37.7 Å². The Morgan fingerprint density at radius 3 is 2.47 bits per heavy atom. The van der Waals surface area contributed by atoms with Gasteiger partial charge in [0.15, 0.2) is 0 Å². The highest BCUT2D eigenvalue weighted by Crippen LogP contribution is 2.45. The fourth-order valence-electron chi connectivity index (χ4n) is 4.76. The molecule has 2 fully saturated rings. The Balaban J connectivity index is 1.36. The maximum absolute atomic E-state index is 13.6. The van der Waals surface area contributed by atoms with Crippen molar-refractivity contribution in [1.82, 2.24) is 14.1 Å². The summed E-state index contributed by atoms with van der Waals surface area (Å²) in [5.74, 6) is -1.41. The van der Waals surface area contributed by atoms with Gasteiger partial charge in [0, 0.05) is 36.6 Å². The molecule has 1 aliphatic heterocycles. The first kappa shape index (κ1) is 30.6. The topological polar surface area (TPSA) is 137 Å². The van der Waals surface area contributed by atoms with Gasteiger partial charge in [0.1, 0.15) is 5.69 Å². The molecule has 2 aromatic carbocycles. The molecule has 1 aromatic heterocycles. The van der Waals surface area contributed by atoms with Crippen LogP contribution in [0.5, 0.6) is 11.5 Å². The summed E-state index contributed by atoms with van der Waals surface area (Å²) in [5, 5.41) is 16.4. The second-order valence-corrected chi connectivity index (χ2v) is 13.1. The van der Waals surface area contributed by atoms with Crippen LogP contribution in [0.15, 0.2) is 53.5 Å². The normalized spacial score (nSPS) is 16.7. The molecule has 1 saturated carbocycles. The quantitative estimate of drug-likeness (QED) is 0.223. The first-order chi connectivity index (χ1) is 20.4. The Kier molecular flexibility index (Phi) is 8.58. The van der Waals surface area contributed by atoms with Crippen LogP contribution in [0, 0.1) is 15.5 Å². The Hall–Kier alpha value is -3.82. The van der Waals surface area contributed by atoms with E-state index >= 15 is 0 Å². The summed E-state index contributed by atoms with van der Waals surface area (Å²) in [6, 6.07) is 10.1. The van der Waals surface area contributed by atoms with E-state index in [1.165, 1.54) is 27.3 Å². The molecule has 16 heteroatoms. The summed E-state index contributed by atoms with van der Waals surface area (Å²) < 4.78 is 64.8. The minimum absolute atomic E-state index is 0.00209. The van der Waals surface area contributed by atoms with E-state index in [1.807, 2.05) is 0 Å². The van der Waals surface area contributed by atoms with E-state index in [4.69, 9.17) is 16.3 Å². The number of nitro benzene ring substituents is 1. The maximum atomic E-state index is 13.6. The van der Waals surface area contributed by atoms with Gasteiger partial charge >= 0.3 is 17.9 Å². The molecule has 0 radical (unpaired) electrons. The lowest BCUT2D eigenvalue weighted by Crippen LogP contribution is -2.49. The number of benzene rings is 2. The average molecular weight is 640 g/mol. The van der Waals surface area contributed by atoms with E-state index < -0.39 is 44.3 Å². The third-order valence-corrected chi connectivity index (χ3v) is 9.49. The number of piperazine rings is 1. The monoisotopic (exact) mass is 639 g/mol. The van der Waals surface area contributed by atoms with Crippen molar-refractivity contribution < 1.29 is 31.6 Å². The number of anilines is 1. The molecule has 0 unspecified atom stereocenters. The van der Waals surface area contributed by atoms with Crippen LogP contribution in [0.4, 0.5) is 20.2 Å². The molecule has 1 aliphatic carbocycles. The van der Waals surface area contributed by atoms with Gasteiger partial charge in [-0.3, -0.25) is 14.9 Å². The van der Waals surface area contributed by atoms with Crippen LogP contribution in [0.3, 0.4) is 0 Å². The molecule has 230 valence electrons. The van der Waals surface area contributed by atoms with Crippen LogP contribution < -0.4 is 19.9 Å². The summed E-state index contributed by atoms with van der Waals surface area (Å²) in [6.07, 6.45) is 3.44. The molecule has 2 aliphatic rings. The van der Waals surface area contributed by atoms with E-state index in [9.17, 15) is 32.1 Å². The highest BCUT2D eigenvalue weighted by Gasteiger charge is 2.39. The van der Waals surface area contributed by atoms with E-state index in [1.54, 1.807) is 29.2 Å². The van der Waals surface area contributed by atoms with Crippen molar-refractivity contribution >= 4 is 33.0 Å². The first-order valence-electron chi connectivity index (χ1n) is 13.3. The molecular formula is C27H28ClF2N5O7S. The zero-order chi connectivity index (χ0) is 30.9. The number of halogens is 3. The number of para-hydroxylation sites is 1. The molecule has 12 nitrogen and oxygen atoms in total. The van der Waals surface area contributed by atoms with E-state index in [2.05, 4.69) is 16.8 Å². The van der Waals surface area contributed by atoms with Crippen LogP contribution in [-0.2, 0) is 15.8 Å². The number of ether oxygens (including phenoxy) is 2. The molecule has 3 aromatic rings. The molecule has 43 heavy (non-hydrogen) atoms. The Morgan fingerprint density at radius 1 is 1.14 bits per heavy atom. The van der Waals surface area contributed by atoms with Gasteiger partial charge in [-0.1, -0.05) is 36.7 Å². The number of alkyl halides is 2. The lowest BCUT2D eigenvalue weighted by molar-refractivity contribution is -0.387. The number of sulfonamides is 1. The molecule has 0 bridgehead atoms. The van der Waals surface area contributed by atoms with Crippen molar-refractivity contribution in [3.8, 4) is 17.2 Å². The van der Waals surface area contributed by atoms with Gasteiger partial charge in [0.25, 0.3) is 0 Å². The van der Waals surface area contributed by atoms with Gasteiger partial charge in [-0.05, 0) is 37.1 Å². The van der Waals surface area contributed by atoms with Crippen LogP contribution in [-0.4, -0.2) is 66.8 Å². The largest absolute Gasteiger partial charge is 0.486 e. The number of aromatic nitrogens is 2. The fourth-order valence-corrected chi connectivity index (χ4v) is 6.48. The van der Waals surface area contributed by atoms with E-state index in [0.29, 0.717) is 23.0 Å². The van der Waals surface area contributed by atoms with Crippen molar-refractivity contribution in [2.45, 2.75) is 32.1 Å². The second-order valence-electron chi connectivity index (χ2n) is 10.7. The minimum atomic E-state index is -4.10. The van der Waals surface area contributed by atoms with Crippen molar-refractivity contribution in [2.24, 2.45) is 5.41 Å². The predicted molar refractivity (Wildman–Crippen MR) is 154 cm³/mol. The fraction of sp³-hybridized carbons (Fsp3) is 0.407. The Morgan fingerprint density at radius 2 is 1.84 bits per heavy atom. The molecule has 2 heterocycles. The van der Waals surface area contributed by atoms with Crippen molar-refractivity contribution in [1.29, 1.82) is 0 Å². The average Bonchev–Trinajstić information content (AvgIpc) is 3.68. The summed E-state index contributed by atoms with van der Waals surface area (Å²) in [6.45, 7) is -0.585. The van der Waals surface area contributed by atoms with Crippen molar-refractivity contribution in [3.63, 3.8) is 0 Å². The highest BCUT2D eigenvalue weighted by atomic mass is 35.5. The van der Waals surface area contributed by atoms with Gasteiger partial charge in [-0.15, -0.1) is 0 Å².